The molecule has 1 fully saturated rings. The number of carbonyl (C=O) groups is 1. The van der Waals surface area contributed by atoms with Crippen molar-refractivity contribution in [3.63, 3.8) is 0 Å². The number of hydrogen-bond donors (Lipinski definition) is 2. The molecule has 0 radical (unpaired) electrons. The predicted molar refractivity (Wildman–Crippen MR) is 91.2 cm³/mol. The summed E-state index contributed by atoms with van der Waals surface area (Å²) in [5, 5.41) is 19.3. The number of piperazine rings is 1. The van der Waals surface area contributed by atoms with Gasteiger partial charge in [-0.2, -0.15) is 0 Å². The van der Waals surface area contributed by atoms with Gasteiger partial charge in [0.15, 0.2) is 0 Å². The fourth-order valence-corrected chi connectivity index (χ4v) is 3.20. The van der Waals surface area contributed by atoms with Crippen LogP contribution in [0.3, 0.4) is 0 Å². The molecule has 6 heteroatoms. The van der Waals surface area contributed by atoms with E-state index >= 15 is 0 Å². The van der Waals surface area contributed by atoms with Gasteiger partial charge in [0, 0.05) is 32.4 Å². The fourth-order valence-electron chi connectivity index (χ4n) is 3.20. The van der Waals surface area contributed by atoms with Crippen LogP contribution in [0.4, 0.5) is 5.82 Å². The normalized spacial score (nSPS) is 16.8. The van der Waals surface area contributed by atoms with Crippen molar-refractivity contribution in [2.75, 3.05) is 31.1 Å². The van der Waals surface area contributed by atoms with E-state index in [0.29, 0.717) is 18.7 Å². The lowest BCUT2D eigenvalue weighted by molar-refractivity contribution is -0.143. The number of hydrogen-bond acceptors (Lipinski definition) is 5. The highest BCUT2D eigenvalue weighted by Gasteiger charge is 2.31. The Bertz CT molecular complexity index is 727. The SMILES string of the molecule is Cc1cccnc1N1CCN([C@H](C(=O)O)c2cccc(O)c2)CC1. The molecule has 6 nitrogen and oxygen atoms in total. The Morgan fingerprint density at radius 2 is 1.92 bits per heavy atom. The van der Waals surface area contributed by atoms with Crippen LogP contribution in [-0.4, -0.2) is 52.2 Å². The van der Waals surface area contributed by atoms with Gasteiger partial charge >= 0.3 is 5.97 Å². The Kier molecular flexibility index (Phi) is 4.66. The van der Waals surface area contributed by atoms with Gasteiger partial charge in [-0.1, -0.05) is 18.2 Å². The summed E-state index contributed by atoms with van der Waals surface area (Å²) in [5.74, 6) is 0.144. The highest BCUT2D eigenvalue weighted by atomic mass is 16.4. The average molecular weight is 327 g/mol. The van der Waals surface area contributed by atoms with Gasteiger partial charge in [-0.25, -0.2) is 4.98 Å². The number of nitrogens with zero attached hydrogens (tertiary/aromatic N) is 3. The van der Waals surface area contributed by atoms with Crippen molar-refractivity contribution in [3.05, 3.63) is 53.7 Å². The van der Waals surface area contributed by atoms with Crippen LogP contribution in [0.2, 0.25) is 0 Å². The second kappa shape index (κ2) is 6.88. The van der Waals surface area contributed by atoms with E-state index in [-0.39, 0.29) is 5.75 Å². The number of phenols is 1. The topological polar surface area (TPSA) is 76.9 Å². The molecule has 0 bridgehead atoms. The maximum Gasteiger partial charge on any atom is 0.325 e. The Balaban J connectivity index is 1.74. The van der Waals surface area contributed by atoms with Gasteiger partial charge in [0.05, 0.1) is 0 Å². The molecular formula is C18H21N3O3. The Hall–Kier alpha value is -2.60. The molecule has 0 saturated carbocycles. The van der Waals surface area contributed by atoms with E-state index < -0.39 is 12.0 Å². The van der Waals surface area contributed by atoms with Gasteiger partial charge in [0.1, 0.15) is 17.6 Å². The molecule has 1 aliphatic heterocycles. The number of aryl methyl sites for hydroxylation is 1. The minimum atomic E-state index is -0.900. The summed E-state index contributed by atoms with van der Waals surface area (Å²) in [4.78, 5) is 20.3. The van der Waals surface area contributed by atoms with Crippen molar-refractivity contribution >= 4 is 11.8 Å². The Morgan fingerprint density at radius 1 is 1.17 bits per heavy atom. The molecule has 2 aromatic rings. The van der Waals surface area contributed by atoms with Crippen LogP contribution in [0.15, 0.2) is 42.6 Å². The number of carboxylic acids is 1. The number of phenolic OH excluding ortho intramolecular Hbond substituents is 1. The van der Waals surface area contributed by atoms with Crippen LogP contribution in [0, 0.1) is 6.92 Å². The zero-order valence-corrected chi connectivity index (χ0v) is 13.6. The highest BCUT2D eigenvalue weighted by molar-refractivity contribution is 5.75. The van der Waals surface area contributed by atoms with Crippen LogP contribution in [0.5, 0.6) is 5.75 Å². The van der Waals surface area contributed by atoms with Gasteiger partial charge in [0.2, 0.25) is 0 Å². The molecule has 2 heterocycles. The number of pyridine rings is 1. The largest absolute Gasteiger partial charge is 0.508 e. The number of anilines is 1. The monoisotopic (exact) mass is 327 g/mol. The van der Waals surface area contributed by atoms with Crippen LogP contribution in [-0.2, 0) is 4.79 Å². The maximum absolute atomic E-state index is 11.8. The molecule has 1 aromatic heterocycles. The van der Waals surface area contributed by atoms with Crippen molar-refractivity contribution in [2.24, 2.45) is 0 Å². The fraction of sp³-hybridized carbons (Fsp3) is 0.333. The Morgan fingerprint density at radius 3 is 2.54 bits per heavy atom. The number of aromatic hydroxyl groups is 1. The van der Waals surface area contributed by atoms with Crippen LogP contribution >= 0.6 is 0 Å². The molecule has 0 aliphatic carbocycles. The van der Waals surface area contributed by atoms with Gasteiger partial charge < -0.3 is 15.1 Å². The number of carboxylic acid groups (broad SMARTS) is 1. The van der Waals surface area contributed by atoms with Crippen molar-refractivity contribution < 1.29 is 15.0 Å². The average Bonchev–Trinajstić information content (AvgIpc) is 2.56. The summed E-state index contributed by atoms with van der Waals surface area (Å²) >= 11 is 0. The molecule has 1 saturated heterocycles. The summed E-state index contributed by atoms with van der Waals surface area (Å²) in [5.41, 5.74) is 1.72. The molecule has 1 aromatic carbocycles. The van der Waals surface area contributed by atoms with Crippen LogP contribution in [0.25, 0.3) is 0 Å². The second-order valence-corrected chi connectivity index (χ2v) is 6.00. The molecule has 1 atom stereocenters. The lowest BCUT2D eigenvalue weighted by atomic mass is 10.0. The zero-order valence-electron chi connectivity index (χ0n) is 13.6. The molecule has 24 heavy (non-hydrogen) atoms. The minimum absolute atomic E-state index is 0.0847. The van der Waals surface area contributed by atoms with E-state index in [1.54, 1.807) is 24.4 Å². The third-order valence-corrected chi connectivity index (χ3v) is 4.38. The third kappa shape index (κ3) is 3.33. The van der Waals surface area contributed by atoms with Gasteiger partial charge in [-0.3, -0.25) is 9.69 Å². The molecular weight excluding hydrogens is 306 g/mol. The first-order chi connectivity index (χ1) is 11.6. The molecule has 0 unspecified atom stereocenters. The summed E-state index contributed by atoms with van der Waals surface area (Å²) in [6, 6.07) is 9.68. The van der Waals surface area contributed by atoms with E-state index in [1.807, 2.05) is 24.0 Å². The first kappa shape index (κ1) is 16.3. The second-order valence-electron chi connectivity index (χ2n) is 6.00. The standard InChI is InChI=1S/C18H21N3O3/c1-13-4-3-7-19-17(13)21-10-8-20(9-11-21)16(18(23)24)14-5-2-6-15(22)12-14/h2-7,12,16,22H,8-11H2,1H3,(H,23,24)/t16-/m0/s1. The highest BCUT2D eigenvalue weighted by Crippen LogP contribution is 2.26. The van der Waals surface area contributed by atoms with Crippen molar-refractivity contribution in [1.29, 1.82) is 0 Å². The van der Waals surface area contributed by atoms with E-state index in [9.17, 15) is 15.0 Å². The minimum Gasteiger partial charge on any atom is -0.508 e. The van der Waals surface area contributed by atoms with Crippen molar-refractivity contribution in [3.8, 4) is 5.75 Å². The van der Waals surface area contributed by atoms with Crippen LogP contribution in [0.1, 0.15) is 17.2 Å². The summed E-state index contributed by atoms with van der Waals surface area (Å²) in [6.07, 6.45) is 1.78. The maximum atomic E-state index is 11.8. The van der Waals surface area contributed by atoms with E-state index in [0.717, 1.165) is 24.5 Å². The van der Waals surface area contributed by atoms with Crippen LogP contribution < -0.4 is 4.90 Å². The third-order valence-electron chi connectivity index (χ3n) is 4.38. The first-order valence-electron chi connectivity index (χ1n) is 7.98. The molecule has 1 aliphatic rings. The Labute approximate surface area is 141 Å². The van der Waals surface area contributed by atoms with E-state index in [2.05, 4.69) is 9.88 Å². The van der Waals surface area contributed by atoms with E-state index in [1.165, 1.54) is 6.07 Å². The molecule has 0 amide bonds. The molecule has 0 spiro atoms. The van der Waals surface area contributed by atoms with Crippen molar-refractivity contribution in [1.82, 2.24) is 9.88 Å². The van der Waals surface area contributed by atoms with Gasteiger partial charge in [0.25, 0.3) is 0 Å². The quantitative estimate of drug-likeness (QED) is 0.895. The number of aliphatic carboxylic acids is 1. The number of rotatable bonds is 4. The number of benzene rings is 1. The van der Waals surface area contributed by atoms with Crippen molar-refractivity contribution in [2.45, 2.75) is 13.0 Å². The molecule has 2 N–H and O–H groups in total. The first-order valence-corrected chi connectivity index (χ1v) is 7.98. The van der Waals surface area contributed by atoms with E-state index in [4.69, 9.17) is 0 Å². The molecule has 126 valence electrons. The lowest BCUT2D eigenvalue weighted by Crippen LogP contribution is -2.49. The van der Waals surface area contributed by atoms with Gasteiger partial charge in [-0.05, 0) is 36.2 Å². The van der Waals surface area contributed by atoms with Gasteiger partial charge in [-0.15, -0.1) is 0 Å². The predicted octanol–water partition coefficient (Wildman–Crippen LogP) is 2.04. The lowest BCUT2D eigenvalue weighted by Gasteiger charge is -2.38. The summed E-state index contributed by atoms with van der Waals surface area (Å²) in [7, 11) is 0. The zero-order chi connectivity index (χ0) is 17.1. The summed E-state index contributed by atoms with van der Waals surface area (Å²) < 4.78 is 0. The smallest absolute Gasteiger partial charge is 0.325 e. The number of aromatic nitrogens is 1. The molecule has 3 rings (SSSR count). The summed E-state index contributed by atoms with van der Waals surface area (Å²) in [6.45, 7) is 4.73.